The van der Waals surface area contributed by atoms with Crippen molar-refractivity contribution in [1.82, 2.24) is 5.32 Å². The second-order valence-electron chi connectivity index (χ2n) is 3.98. The summed E-state index contributed by atoms with van der Waals surface area (Å²) >= 11 is 0. The first-order chi connectivity index (χ1) is 6.81. The highest BCUT2D eigenvalue weighted by atomic mass is 19.1. The molecule has 1 fully saturated rings. The molecule has 0 radical (unpaired) electrons. The maximum atomic E-state index is 12.7. The van der Waals surface area contributed by atoms with Gasteiger partial charge in [0.25, 0.3) is 0 Å². The fourth-order valence-electron chi connectivity index (χ4n) is 2.26. The quantitative estimate of drug-likeness (QED) is 0.761. The van der Waals surface area contributed by atoms with E-state index in [1.807, 2.05) is 12.1 Å². The van der Waals surface area contributed by atoms with Crippen molar-refractivity contribution in [3.05, 3.63) is 35.6 Å². The van der Waals surface area contributed by atoms with E-state index in [-0.39, 0.29) is 5.82 Å². The molecule has 2 heteroatoms. The summed E-state index contributed by atoms with van der Waals surface area (Å²) in [6.45, 7) is 4.34. The highest BCUT2D eigenvalue weighted by molar-refractivity contribution is 5.22. The molecular weight excluding hydrogens is 177 g/mol. The molecule has 1 heterocycles. The number of halogens is 1. The van der Waals surface area contributed by atoms with E-state index in [1.54, 1.807) is 12.1 Å². The Morgan fingerprint density at radius 2 is 2.00 bits per heavy atom. The molecule has 0 aliphatic carbocycles. The largest absolute Gasteiger partial charge is 0.316 e. The van der Waals surface area contributed by atoms with Crippen LogP contribution in [-0.2, 0) is 0 Å². The van der Waals surface area contributed by atoms with Gasteiger partial charge >= 0.3 is 0 Å². The van der Waals surface area contributed by atoms with Crippen LogP contribution in [0.4, 0.5) is 4.39 Å². The van der Waals surface area contributed by atoms with Gasteiger partial charge in [0, 0.05) is 12.5 Å². The van der Waals surface area contributed by atoms with E-state index in [2.05, 4.69) is 12.2 Å². The van der Waals surface area contributed by atoms with Gasteiger partial charge in [-0.3, -0.25) is 0 Å². The number of benzene rings is 1. The normalized spacial score (nSPS) is 26.7. The molecule has 1 saturated heterocycles. The molecule has 0 aromatic heterocycles. The Morgan fingerprint density at radius 1 is 1.29 bits per heavy atom. The third-order valence-electron chi connectivity index (χ3n) is 3.16. The highest BCUT2D eigenvalue weighted by Gasteiger charge is 2.26. The zero-order chi connectivity index (χ0) is 9.97. The lowest BCUT2D eigenvalue weighted by molar-refractivity contribution is 0.502. The molecular formula is C12H16FN. The van der Waals surface area contributed by atoms with Crippen LogP contribution in [0.3, 0.4) is 0 Å². The second-order valence-corrected chi connectivity index (χ2v) is 3.98. The van der Waals surface area contributed by atoms with Gasteiger partial charge in [-0.15, -0.1) is 0 Å². The number of nitrogens with one attached hydrogen (secondary N) is 1. The summed E-state index contributed by atoms with van der Waals surface area (Å²) in [5, 5.41) is 3.39. The van der Waals surface area contributed by atoms with E-state index >= 15 is 0 Å². The zero-order valence-electron chi connectivity index (χ0n) is 8.46. The lowest BCUT2D eigenvalue weighted by Gasteiger charge is -2.16. The summed E-state index contributed by atoms with van der Waals surface area (Å²) in [7, 11) is 0. The van der Waals surface area contributed by atoms with Crippen molar-refractivity contribution >= 4 is 0 Å². The van der Waals surface area contributed by atoms with Crippen LogP contribution in [0.5, 0.6) is 0 Å². The van der Waals surface area contributed by atoms with Gasteiger partial charge in [0.2, 0.25) is 0 Å². The average Bonchev–Trinajstić information content (AvgIpc) is 2.67. The lowest BCUT2D eigenvalue weighted by atomic mass is 9.87. The summed E-state index contributed by atoms with van der Waals surface area (Å²) in [4.78, 5) is 0. The summed E-state index contributed by atoms with van der Waals surface area (Å²) in [6, 6.07) is 6.94. The Balaban J connectivity index is 2.17. The fourth-order valence-corrected chi connectivity index (χ4v) is 2.26. The third kappa shape index (κ3) is 1.80. The van der Waals surface area contributed by atoms with Gasteiger partial charge in [0.15, 0.2) is 0 Å². The molecule has 1 aliphatic heterocycles. The van der Waals surface area contributed by atoms with E-state index in [4.69, 9.17) is 0 Å². The van der Waals surface area contributed by atoms with Gasteiger partial charge in [-0.2, -0.15) is 0 Å². The van der Waals surface area contributed by atoms with Crippen LogP contribution in [0.15, 0.2) is 24.3 Å². The Bertz CT molecular complexity index is 294. The van der Waals surface area contributed by atoms with Crippen LogP contribution in [0.25, 0.3) is 0 Å². The molecule has 2 atom stereocenters. The summed E-state index contributed by atoms with van der Waals surface area (Å²) in [5.41, 5.74) is 1.27. The van der Waals surface area contributed by atoms with Crippen LogP contribution in [0.1, 0.15) is 24.8 Å². The molecule has 0 saturated carbocycles. The third-order valence-corrected chi connectivity index (χ3v) is 3.16. The number of hydrogen-bond acceptors (Lipinski definition) is 1. The van der Waals surface area contributed by atoms with Gasteiger partial charge < -0.3 is 5.32 Å². The minimum Gasteiger partial charge on any atom is -0.316 e. The lowest BCUT2D eigenvalue weighted by Crippen LogP contribution is -2.09. The standard InChI is InChI=1S/C12H16FN/c1-2-9-7-14-8-12(9)10-3-5-11(13)6-4-10/h3-6,9,12,14H,2,7-8H2,1H3. The predicted octanol–water partition coefficient (Wildman–Crippen LogP) is 2.54. The van der Waals surface area contributed by atoms with Gasteiger partial charge in [-0.1, -0.05) is 25.5 Å². The molecule has 14 heavy (non-hydrogen) atoms. The minimum absolute atomic E-state index is 0.146. The first-order valence-corrected chi connectivity index (χ1v) is 5.27. The number of rotatable bonds is 2. The molecule has 0 amide bonds. The Morgan fingerprint density at radius 3 is 2.64 bits per heavy atom. The van der Waals surface area contributed by atoms with Crippen LogP contribution in [0.2, 0.25) is 0 Å². The average molecular weight is 193 g/mol. The van der Waals surface area contributed by atoms with Crippen molar-refractivity contribution in [2.24, 2.45) is 5.92 Å². The Hall–Kier alpha value is -0.890. The van der Waals surface area contributed by atoms with Crippen molar-refractivity contribution in [2.45, 2.75) is 19.3 Å². The van der Waals surface area contributed by atoms with E-state index in [0.717, 1.165) is 13.1 Å². The van der Waals surface area contributed by atoms with Crippen molar-refractivity contribution in [1.29, 1.82) is 0 Å². The summed E-state index contributed by atoms with van der Waals surface area (Å²) in [6.07, 6.45) is 1.19. The topological polar surface area (TPSA) is 12.0 Å². The van der Waals surface area contributed by atoms with Crippen molar-refractivity contribution in [2.75, 3.05) is 13.1 Å². The highest BCUT2D eigenvalue weighted by Crippen LogP contribution is 2.29. The molecule has 1 aliphatic rings. The molecule has 76 valence electrons. The van der Waals surface area contributed by atoms with E-state index in [9.17, 15) is 4.39 Å². The summed E-state index contributed by atoms with van der Waals surface area (Å²) < 4.78 is 12.7. The van der Waals surface area contributed by atoms with Crippen LogP contribution < -0.4 is 5.32 Å². The predicted molar refractivity (Wildman–Crippen MR) is 55.8 cm³/mol. The fraction of sp³-hybridized carbons (Fsp3) is 0.500. The molecule has 1 N–H and O–H groups in total. The van der Waals surface area contributed by atoms with Crippen LogP contribution in [-0.4, -0.2) is 13.1 Å². The first kappa shape index (κ1) is 9.66. The van der Waals surface area contributed by atoms with Crippen molar-refractivity contribution in [3.8, 4) is 0 Å². The van der Waals surface area contributed by atoms with Crippen LogP contribution >= 0.6 is 0 Å². The zero-order valence-corrected chi connectivity index (χ0v) is 8.46. The molecule has 2 unspecified atom stereocenters. The van der Waals surface area contributed by atoms with Crippen molar-refractivity contribution in [3.63, 3.8) is 0 Å². The number of hydrogen-bond donors (Lipinski definition) is 1. The molecule has 1 aromatic carbocycles. The smallest absolute Gasteiger partial charge is 0.123 e. The molecule has 1 nitrogen and oxygen atoms in total. The second kappa shape index (κ2) is 4.09. The minimum atomic E-state index is -0.146. The molecule has 0 spiro atoms. The van der Waals surface area contributed by atoms with Gasteiger partial charge in [0.1, 0.15) is 5.82 Å². The van der Waals surface area contributed by atoms with Crippen molar-refractivity contribution < 1.29 is 4.39 Å². The van der Waals surface area contributed by atoms with Gasteiger partial charge in [-0.25, -0.2) is 4.39 Å². The summed E-state index contributed by atoms with van der Waals surface area (Å²) in [5.74, 6) is 1.13. The monoisotopic (exact) mass is 193 g/mol. The SMILES string of the molecule is CCC1CNCC1c1ccc(F)cc1. The first-order valence-electron chi connectivity index (χ1n) is 5.27. The van der Waals surface area contributed by atoms with Crippen LogP contribution in [0, 0.1) is 11.7 Å². The van der Waals surface area contributed by atoms with Gasteiger partial charge in [-0.05, 0) is 30.2 Å². The Kier molecular flexibility index (Phi) is 2.82. The Labute approximate surface area is 84.3 Å². The van der Waals surface area contributed by atoms with E-state index < -0.39 is 0 Å². The molecule has 0 bridgehead atoms. The maximum absolute atomic E-state index is 12.7. The molecule has 1 aromatic rings. The molecule has 2 rings (SSSR count). The van der Waals surface area contributed by atoms with Gasteiger partial charge in [0.05, 0.1) is 0 Å². The maximum Gasteiger partial charge on any atom is 0.123 e. The van der Waals surface area contributed by atoms with E-state index in [0.29, 0.717) is 11.8 Å². The van der Waals surface area contributed by atoms with E-state index in [1.165, 1.54) is 12.0 Å².